The standard InChI is InChI=1S/C15H24N5O15P3/c1-7(2)9-4-20(18-17-9)6-19-3-8(14(23)16-15(19)24)13-12(22)11(21)10(33-13)5-32-37(28,29)35-38(30,31)34-36(25,26)27/h3-4,7,10-13,21-22H,5-6H2,1-2H3,(H,28,29)(H,30,31)(H,16,23,24)(H2,25,26,27)/t10-,11?,12+,13+/m1/s1. The number of ether oxygens (including phenoxy) is 1. The minimum atomic E-state index is -5.78. The molecule has 0 spiro atoms. The summed E-state index contributed by atoms with van der Waals surface area (Å²) >= 11 is 0. The Morgan fingerprint density at radius 2 is 1.71 bits per heavy atom. The van der Waals surface area contributed by atoms with Crippen molar-refractivity contribution in [3.05, 3.63) is 44.5 Å². The summed E-state index contributed by atoms with van der Waals surface area (Å²) in [5.74, 6) is 0.0526. The molecule has 1 saturated heterocycles. The van der Waals surface area contributed by atoms with Crippen LogP contribution < -0.4 is 11.2 Å². The van der Waals surface area contributed by atoms with Gasteiger partial charge in [-0.1, -0.05) is 19.1 Å². The van der Waals surface area contributed by atoms with E-state index in [1.807, 2.05) is 18.8 Å². The molecule has 20 nitrogen and oxygen atoms in total. The Morgan fingerprint density at radius 1 is 1.05 bits per heavy atom. The van der Waals surface area contributed by atoms with Gasteiger partial charge in [0.05, 0.1) is 24.1 Å². The number of phosphoric ester groups is 1. The molecule has 3 heterocycles. The largest absolute Gasteiger partial charge is 0.490 e. The molecule has 3 rings (SSSR count). The monoisotopic (exact) mass is 607 g/mol. The number of phosphoric acid groups is 3. The molecule has 1 aliphatic heterocycles. The summed E-state index contributed by atoms with van der Waals surface area (Å²) in [6, 6.07) is 0. The predicted molar refractivity (Wildman–Crippen MR) is 120 cm³/mol. The predicted octanol–water partition coefficient (Wildman–Crippen LogP) is -1.74. The molecule has 0 radical (unpaired) electrons. The van der Waals surface area contributed by atoms with E-state index in [0.29, 0.717) is 5.69 Å². The van der Waals surface area contributed by atoms with Crippen LogP contribution in [0.25, 0.3) is 0 Å². The Hall–Kier alpha value is -1.89. The fourth-order valence-corrected chi connectivity index (χ4v) is 6.28. The van der Waals surface area contributed by atoms with Crippen molar-refractivity contribution < 1.29 is 61.4 Å². The lowest BCUT2D eigenvalue weighted by Crippen LogP contribution is -2.37. The second-order valence-electron chi connectivity index (χ2n) is 8.26. The number of rotatable bonds is 11. The minimum absolute atomic E-state index is 0.0526. The summed E-state index contributed by atoms with van der Waals surface area (Å²) in [6.07, 6.45) is -4.22. The van der Waals surface area contributed by atoms with Crippen LogP contribution in [0.1, 0.15) is 37.1 Å². The molecule has 214 valence electrons. The summed E-state index contributed by atoms with van der Waals surface area (Å²) in [5.41, 5.74) is -1.49. The Labute approximate surface area is 211 Å². The molecule has 0 amide bonds. The van der Waals surface area contributed by atoms with Gasteiger partial charge < -0.3 is 34.5 Å². The second-order valence-corrected chi connectivity index (χ2v) is 12.7. The van der Waals surface area contributed by atoms with E-state index in [4.69, 9.17) is 14.5 Å². The summed E-state index contributed by atoms with van der Waals surface area (Å²) < 4.78 is 53.3. The number of nitrogens with one attached hydrogen (secondary N) is 1. The van der Waals surface area contributed by atoms with Crippen molar-refractivity contribution in [1.82, 2.24) is 24.5 Å². The molecule has 2 aromatic rings. The van der Waals surface area contributed by atoms with Crippen molar-refractivity contribution in [2.45, 2.75) is 50.8 Å². The SMILES string of the molecule is CC(C)c1cn(Cn2cc([C@@H]3O[C@H](COP(=O)(O)OP(=O)(O)OP(=O)(O)O)C(O)[C@@H]3O)c(=O)[nH]c2=O)nn1. The molecule has 23 heteroatoms. The average molecular weight is 607 g/mol. The number of hydrogen-bond donors (Lipinski definition) is 7. The molecule has 1 fully saturated rings. The van der Waals surface area contributed by atoms with E-state index in [-0.39, 0.29) is 18.2 Å². The lowest BCUT2D eigenvalue weighted by molar-refractivity contribution is -0.0228. The molecule has 0 bridgehead atoms. The van der Waals surface area contributed by atoms with Crippen LogP contribution in [0, 0.1) is 0 Å². The van der Waals surface area contributed by atoms with Crippen molar-refractivity contribution in [2.24, 2.45) is 0 Å². The highest BCUT2D eigenvalue weighted by atomic mass is 31.3. The lowest BCUT2D eigenvalue weighted by Gasteiger charge is -2.19. The van der Waals surface area contributed by atoms with Crippen molar-refractivity contribution in [2.75, 3.05) is 6.61 Å². The highest BCUT2D eigenvalue weighted by Gasteiger charge is 2.47. The zero-order valence-electron chi connectivity index (χ0n) is 19.4. The normalized spacial score (nSPS) is 25.4. The van der Waals surface area contributed by atoms with Crippen LogP contribution in [-0.2, 0) is 38.2 Å². The molecule has 0 aliphatic carbocycles. The number of nitrogens with zero attached hydrogens (tertiary/aromatic N) is 4. The van der Waals surface area contributed by atoms with Gasteiger partial charge in [0.25, 0.3) is 5.56 Å². The third-order valence-corrected chi connectivity index (χ3v) is 8.77. The van der Waals surface area contributed by atoms with Gasteiger partial charge in [-0.05, 0) is 5.92 Å². The maximum Gasteiger partial charge on any atom is 0.490 e. The van der Waals surface area contributed by atoms with Crippen molar-refractivity contribution in [1.29, 1.82) is 0 Å². The van der Waals surface area contributed by atoms with Gasteiger partial charge in [-0.3, -0.25) is 18.9 Å². The van der Waals surface area contributed by atoms with Gasteiger partial charge in [0, 0.05) is 6.20 Å². The van der Waals surface area contributed by atoms with Gasteiger partial charge in [-0.2, -0.15) is 8.62 Å². The van der Waals surface area contributed by atoms with E-state index in [1.165, 1.54) is 4.68 Å². The molecule has 1 aliphatic rings. The number of aromatic amines is 1. The van der Waals surface area contributed by atoms with Crippen LogP contribution in [0.2, 0.25) is 0 Å². The van der Waals surface area contributed by atoms with Crippen LogP contribution >= 0.6 is 23.5 Å². The third-order valence-electron chi connectivity index (χ3n) is 4.97. The number of aromatic nitrogens is 5. The van der Waals surface area contributed by atoms with Crippen LogP contribution in [-0.4, -0.2) is 79.3 Å². The summed E-state index contributed by atoms with van der Waals surface area (Å²) in [7, 11) is -16.9. The zero-order valence-corrected chi connectivity index (χ0v) is 22.1. The van der Waals surface area contributed by atoms with Gasteiger partial charge in [0.1, 0.15) is 31.1 Å². The van der Waals surface area contributed by atoms with Crippen LogP contribution in [0.15, 0.2) is 22.0 Å². The smallest absolute Gasteiger partial charge is 0.387 e. The van der Waals surface area contributed by atoms with Crippen LogP contribution in [0.5, 0.6) is 0 Å². The van der Waals surface area contributed by atoms with Gasteiger partial charge >= 0.3 is 29.2 Å². The molecule has 7 N–H and O–H groups in total. The molecule has 2 aromatic heterocycles. The van der Waals surface area contributed by atoms with E-state index in [1.54, 1.807) is 6.20 Å². The maximum atomic E-state index is 12.4. The highest BCUT2D eigenvalue weighted by Crippen LogP contribution is 2.66. The Balaban J connectivity index is 1.74. The van der Waals surface area contributed by atoms with Crippen LogP contribution in [0.4, 0.5) is 0 Å². The fourth-order valence-electron chi connectivity index (χ4n) is 3.25. The summed E-state index contributed by atoms with van der Waals surface area (Å²) in [6.45, 7) is 2.49. The van der Waals surface area contributed by atoms with Crippen molar-refractivity contribution in [3.63, 3.8) is 0 Å². The van der Waals surface area contributed by atoms with E-state index < -0.39 is 65.7 Å². The molecular formula is C15H24N5O15P3. The molecule has 0 aromatic carbocycles. The first kappa shape index (κ1) is 30.6. The van der Waals surface area contributed by atoms with E-state index in [9.17, 15) is 43.3 Å². The van der Waals surface area contributed by atoms with E-state index in [0.717, 1.165) is 10.8 Å². The first-order chi connectivity index (χ1) is 17.4. The first-order valence-electron chi connectivity index (χ1n) is 10.4. The molecule has 3 unspecified atom stereocenters. The number of aliphatic hydroxyl groups excluding tert-OH is 2. The van der Waals surface area contributed by atoms with Gasteiger partial charge in [-0.15, -0.1) is 5.10 Å². The molecule has 6 atom stereocenters. The Bertz CT molecular complexity index is 1410. The van der Waals surface area contributed by atoms with Gasteiger partial charge in [0.15, 0.2) is 0 Å². The molecule has 0 saturated carbocycles. The Morgan fingerprint density at radius 3 is 2.29 bits per heavy atom. The first-order valence-corrected chi connectivity index (χ1v) is 14.9. The highest BCUT2D eigenvalue weighted by molar-refractivity contribution is 7.66. The number of hydrogen-bond acceptors (Lipinski definition) is 13. The number of aliphatic hydroxyl groups is 2. The molecular weight excluding hydrogens is 583 g/mol. The number of H-pyrrole nitrogens is 1. The summed E-state index contributed by atoms with van der Waals surface area (Å²) in [5, 5.41) is 28.5. The van der Waals surface area contributed by atoms with Crippen molar-refractivity contribution >= 4 is 23.5 Å². The van der Waals surface area contributed by atoms with Crippen LogP contribution in [0.3, 0.4) is 0 Å². The maximum absolute atomic E-state index is 12.4. The average Bonchev–Trinajstić information content (AvgIpc) is 3.32. The fraction of sp³-hybridized carbons (Fsp3) is 0.600. The molecule has 38 heavy (non-hydrogen) atoms. The zero-order chi connectivity index (χ0) is 28.6. The second kappa shape index (κ2) is 11.3. The lowest BCUT2D eigenvalue weighted by atomic mass is 10.0. The Kier molecular flexibility index (Phi) is 9.12. The quantitative estimate of drug-likeness (QED) is 0.139. The van der Waals surface area contributed by atoms with E-state index >= 15 is 0 Å². The van der Waals surface area contributed by atoms with E-state index in [2.05, 4.69) is 23.5 Å². The minimum Gasteiger partial charge on any atom is -0.387 e. The van der Waals surface area contributed by atoms with Crippen molar-refractivity contribution in [3.8, 4) is 0 Å². The summed E-state index contributed by atoms with van der Waals surface area (Å²) in [4.78, 5) is 62.6. The van der Waals surface area contributed by atoms with Gasteiger partial charge in [0.2, 0.25) is 0 Å². The topological polar surface area (TPSA) is 295 Å². The third kappa shape index (κ3) is 7.83. The van der Waals surface area contributed by atoms with Gasteiger partial charge in [-0.25, -0.2) is 23.2 Å².